The van der Waals surface area contributed by atoms with E-state index in [0.717, 1.165) is 24.8 Å². The molecule has 1 N–H and O–H groups in total. The van der Waals surface area contributed by atoms with Crippen LogP contribution in [-0.4, -0.2) is 38.8 Å². The van der Waals surface area contributed by atoms with Crippen molar-refractivity contribution in [3.63, 3.8) is 0 Å². The topological polar surface area (TPSA) is 75.7 Å². The lowest BCUT2D eigenvalue weighted by Gasteiger charge is -2.26. The van der Waals surface area contributed by atoms with E-state index in [-0.39, 0.29) is 16.6 Å². The third kappa shape index (κ3) is 4.31. The van der Waals surface area contributed by atoms with E-state index in [1.54, 1.807) is 24.3 Å². The van der Waals surface area contributed by atoms with Crippen molar-refractivity contribution < 1.29 is 17.9 Å². The average molecular weight is 388 g/mol. The van der Waals surface area contributed by atoms with Gasteiger partial charge in [-0.1, -0.05) is 24.1 Å². The summed E-state index contributed by atoms with van der Waals surface area (Å²) in [4.78, 5) is 12.5. The second-order valence-electron chi connectivity index (χ2n) is 6.65. The molecule has 1 heterocycles. The first-order chi connectivity index (χ1) is 12.9. The van der Waals surface area contributed by atoms with Crippen molar-refractivity contribution in [1.29, 1.82) is 0 Å². The Morgan fingerprint density at radius 3 is 2.33 bits per heavy atom. The van der Waals surface area contributed by atoms with E-state index >= 15 is 0 Å². The molecule has 0 unspecified atom stereocenters. The highest BCUT2D eigenvalue weighted by atomic mass is 32.2. The van der Waals surface area contributed by atoms with E-state index in [1.165, 1.54) is 17.5 Å². The summed E-state index contributed by atoms with van der Waals surface area (Å²) < 4.78 is 32.8. The lowest BCUT2D eigenvalue weighted by molar-refractivity contribution is 0.102. The smallest absolute Gasteiger partial charge is 0.255 e. The third-order valence-corrected chi connectivity index (χ3v) is 6.59. The molecule has 0 bridgehead atoms. The second-order valence-corrected chi connectivity index (χ2v) is 8.56. The number of aryl methyl sites for hydroxylation is 1. The zero-order valence-corrected chi connectivity index (χ0v) is 16.4. The Morgan fingerprint density at radius 2 is 1.70 bits per heavy atom. The number of nitrogens with one attached hydrogen (secondary N) is 1. The number of benzene rings is 2. The Balaban J connectivity index is 1.89. The molecule has 0 spiro atoms. The van der Waals surface area contributed by atoms with Gasteiger partial charge in [-0.2, -0.15) is 4.31 Å². The van der Waals surface area contributed by atoms with Gasteiger partial charge >= 0.3 is 0 Å². The van der Waals surface area contributed by atoms with Gasteiger partial charge in [-0.25, -0.2) is 8.42 Å². The Kier molecular flexibility index (Phi) is 5.82. The number of ether oxygens (including phenoxy) is 1. The highest BCUT2D eigenvalue weighted by molar-refractivity contribution is 7.89. The lowest BCUT2D eigenvalue weighted by Crippen LogP contribution is -2.35. The first kappa shape index (κ1) is 19.4. The normalized spacial score (nSPS) is 15.3. The number of nitrogens with zero attached hydrogens (tertiary/aromatic N) is 1. The van der Waals surface area contributed by atoms with E-state index in [1.807, 2.05) is 19.1 Å². The summed E-state index contributed by atoms with van der Waals surface area (Å²) in [5.41, 5.74) is 1.99. The molecule has 1 aliphatic rings. The molecule has 1 aliphatic heterocycles. The summed E-state index contributed by atoms with van der Waals surface area (Å²) in [6.45, 7) is 2.96. The van der Waals surface area contributed by atoms with Gasteiger partial charge in [0, 0.05) is 24.3 Å². The highest BCUT2D eigenvalue weighted by Crippen LogP contribution is 2.31. The summed E-state index contributed by atoms with van der Waals surface area (Å²) in [5, 5.41) is 2.77. The van der Waals surface area contributed by atoms with Crippen molar-refractivity contribution in [2.75, 3.05) is 25.5 Å². The summed E-state index contributed by atoms with van der Waals surface area (Å²) >= 11 is 0. The minimum absolute atomic E-state index is 0.0774. The molecule has 1 amide bonds. The van der Waals surface area contributed by atoms with Crippen LogP contribution in [0.25, 0.3) is 0 Å². The predicted molar refractivity (Wildman–Crippen MR) is 105 cm³/mol. The average Bonchev–Trinajstić information content (AvgIpc) is 2.69. The van der Waals surface area contributed by atoms with Crippen molar-refractivity contribution in [3.8, 4) is 5.75 Å². The Morgan fingerprint density at radius 1 is 1.04 bits per heavy atom. The van der Waals surface area contributed by atoms with Crippen molar-refractivity contribution >= 4 is 21.6 Å². The van der Waals surface area contributed by atoms with E-state index in [2.05, 4.69) is 5.32 Å². The van der Waals surface area contributed by atoms with Crippen LogP contribution in [0.1, 0.15) is 35.2 Å². The van der Waals surface area contributed by atoms with Gasteiger partial charge in [-0.15, -0.1) is 0 Å². The number of rotatable bonds is 5. The van der Waals surface area contributed by atoms with Gasteiger partial charge in [0.2, 0.25) is 10.0 Å². The predicted octanol–water partition coefficient (Wildman–Crippen LogP) is 3.43. The fourth-order valence-electron chi connectivity index (χ4n) is 3.11. The van der Waals surface area contributed by atoms with Crippen LogP contribution in [0.3, 0.4) is 0 Å². The van der Waals surface area contributed by atoms with Crippen LogP contribution in [0.4, 0.5) is 5.69 Å². The molecular weight excluding hydrogens is 364 g/mol. The van der Waals surface area contributed by atoms with Gasteiger partial charge in [-0.05, 0) is 50.1 Å². The number of hydrogen-bond donors (Lipinski definition) is 1. The molecule has 0 saturated carbocycles. The second kappa shape index (κ2) is 8.10. The Hall–Kier alpha value is -2.38. The SMILES string of the molecule is COc1ccc(NC(=O)c2ccc(C)cc2)cc1S(=O)(=O)N1CCCCC1. The third-order valence-electron chi connectivity index (χ3n) is 4.67. The van der Waals surface area contributed by atoms with Crippen molar-refractivity contribution in [2.24, 2.45) is 0 Å². The van der Waals surface area contributed by atoms with E-state index in [0.29, 0.717) is 24.3 Å². The first-order valence-electron chi connectivity index (χ1n) is 8.98. The minimum Gasteiger partial charge on any atom is -0.495 e. The molecule has 3 rings (SSSR count). The fourth-order valence-corrected chi connectivity index (χ4v) is 4.81. The minimum atomic E-state index is -3.68. The van der Waals surface area contributed by atoms with Crippen molar-refractivity contribution in [1.82, 2.24) is 4.31 Å². The molecular formula is C20H24N2O4S. The molecule has 27 heavy (non-hydrogen) atoms. The monoisotopic (exact) mass is 388 g/mol. The highest BCUT2D eigenvalue weighted by Gasteiger charge is 2.29. The van der Waals surface area contributed by atoms with Crippen LogP contribution >= 0.6 is 0 Å². The van der Waals surface area contributed by atoms with Gasteiger partial charge in [0.1, 0.15) is 10.6 Å². The standard InChI is InChI=1S/C20H24N2O4S/c1-15-6-8-16(9-7-15)20(23)21-17-10-11-18(26-2)19(14-17)27(24,25)22-12-4-3-5-13-22/h6-11,14H,3-5,12-13H2,1-2H3,(H,21,23). The molecule has 0 atom stereocenters. The number of anilines is 1. The van der Waals surface area contributed by atoms with Crippen molar-refractivity contribution in [3.05, 3.63) is 53.6 Å². The molecule has 1 saturated heterocycles. The number of piperidine rings is 1. The maximum absolute atomic E-state index is 13.0. The summed E-state index contributed by atoms with van der Waals surface area (Å²) in [5.74, 6) is -0.0182. The molecule has 0 aliphatic carbocycles. The first-order valence-corrected chi connectivity index (χ1v) is 10.4. The lowest BCUT2D eigenvalue weighted by atomic mass is 10.1. The zero-order valence-electron chi connectivity index (χ0n) is 15.6. The van der Waals surface area contributed by atoms with E-state index < -0.39 is 10.0 Å². The van der Waals surface area contributed by atoms with Crippen LogP contribution in [0.5, 0.6) is 5.75 Å². The Labute approximate surface area is 160 Å². The van der Waals surface area contributed by atoms with Crippen LogP contribution in [0.15, 0.2) is 47.4 Å². The van der Waals surface area contributed by atoms with Gasteiger partial charge in [-0.3, -0.25) is 4.79 Å². The number of carbonyl (C=O) groups is 1. The number of hydrogen-bond acceptors (Lipinski definition) is 4. The maximum atomic E-state index is 13.0. The van der Waals surface area contributed by atoms with Crippen LogP contribution in [-0.2, 0) is 10.0 Å². The quantitative estimate of drug-likeness (QED) is 0.851. The van der Waals surface area contributed by atoms with E-state index in [9.17, 15) is 13.2 Å². The zero-order chi connectivity index (χ0) is 19.4. The summed E-state index contributed by atoms with van der Waals surface area (Å²) in [7, 11) is -2.24. The maximum Gasteiger partial charge on any atom is 0.255 e. The fraction of sp³-hybridized carbons (Fsp3) is 0.350. The molecule has 1 fully saturated rings. The molecule has 2 aromatic carbocycles. The summed E-state index contributed by atoms with van der Waals surface area (Å²) in [6, 6.07) is 11.9. The molecule has 7 heteroatoms. The van der Waals surface area contributed by atoms with Gasteiger partial charge in [0.15, 0.2) is 0 Å². The van der Waals surface area contributed by atoms with Gasteiger partial charge < -0.3 is 10.1 Å². The number of amides is 1. The Bertz CT molecular complexity index is 917. The van der Waals surface area contributed by atoms with Gasteiger partial charge in [0.05, 0.1) is 7.11 Å². The molecule has 6 nitrogen and oxygen atoms in total. The van der Waals surface area contributed by atoms with Crippen LogP contribution < -0.4 is 10.1 Å². The van der Waals surface area contributed by atoms with Crippen LogP contribution in [0.2, 0.25) is 0 Å². The van der Waals surface area contributed by atoms with E-state index in [4.69, 9.17) is 4.74 Å². The molecule has 0 radical (unpaired) electrons. The summed E-state index contributed by atoms with van der Waals surface area (Å²) in [6.07, 6.45) is 2.74. The van der Waals surface area contributed by atoms with Crippen LogP contribution in [0, 0.1) is 6.92 Å². The number of methoxy groups -OCH3 is 1. The molecule has 144 valence electrons. The van der Waals surface area contributed by atoms with Crippen molar-refractivity contribution in [2.45, 2.75) is 31.1 Å². The number of sulfonamides is 1. The largest absolute Gasteiger partial charge is 0.495 e. The van der Waals surface area contributed by atoms with Gasteiger partial charge in [0.25, 0.3) is 5.91 Å². The molecule has 2 aromatic rings. The molecule has 0 aromatic heterocycles. The number of carbonyl (C=O) groups excluding carboxylic acids is 1.